The normalized spacial score (nSPS) is 14.8. The maximum atomic E-state index is 12.7. The monoisotopic (exact) mass is 388 g/mol. The highest BCUT2D eigenvalue weighted by Crippen LogP contribution is 2.21. The number of anilines is 1. The fourth-order valence-corrected chi connectivity index (χ4v) is 4.39. The molecule has 0 unspecified atom stereocenters. The van der Waals surface area contributed by atoms with Crippen LogP contribution >= 0.6 is 0 Å². The zero-order chi connectivity index (χ0) is 19.4. The molecule has 1 amide bonds. The molecule has 1 aliphatic rings. The molecule has 7 heteroatoms. The molecular weight excluding hydrogens is 364 g/mol. The molecular formula is C20H24N2O4S. The minimum absolute atomic E-state index is 0.0574. The maximum absolute atomic E-state index is 12.7. The number of carbonyl (C=O) groups excluding carboxylic acids is 1. The summed E-state index contributed by atoms with van der Waals surface area (Å²) in [5.41, 5.74) is 2.90. The molecule has 3 rings (SSSR count). The van der Waals surface area contributed by atoms with Gasteiger partial charge in [-0.25, -0.2) is 8.42 Å². The molecule has 6 nitrogen and oxygen atoms in total. The van der Waals surface area contributed by atoms with E-state index < -0.39 is 10.0 Å². The second-order valence-electron chi connectivity index (χ2n) is 6.74. The zero-order valence-corrected chi connectivity index (χ0v) is 16.4. The number of benzene rings is 2. The lowest BCUT2D eigenvalue weighted by Crippen LogP contribution is -2.41. The van der Waals surface area contributed by atoms with Gasteiger partial charge in [0.05, 0.1) is 24.5 Å². The summed E-state index contributed by atoms with van der Waals surface area (Å²) >= 11 is 0. The van der Waals surface area contributed by atoms with Gasteiger partial charge in [0, 0.05) is 18.8 Å². The average molecular weight is 388 g/mol. The van der Waals surface area contributed by atoms with Crippen LogP contribution in [0, 0.1) is 13.8 Å². The molecule has 2 aromatic rings. The fourth-order valence-electron chi connectivity index (χ4n) is 3.00. The van der Waals surface area contributed by atoms with E-state index in [0.29, 0.717) is 44.0 Å². The predicted molar refractivity (Wildman–Crippen MR) is 104 cm³/mol. The number of sulfonamides is 1. The second kappa shape index (κ2) is 8.10. The number of hydrogen-bond acceptors (Lipinski definition) is 4. The standard InChI is InChI=1S/C20H24N2O4S/c1-15-3-4-16(2)19(13-15)27(24,25)21-18-7-5-17(6-8-18)14-20(23)22-9-11-26-12-10-22/h3-8,13,21H,9-12,14H2,1-2H3. The summed E-state index contributed by atoms with van der Waals surface area (Å²) < 4.78 is 33.2. The van der Waals surface area contributed by atoms with Gasteiger partial charge in [-0.15, -0.1) is 0 Å². The Hall–Kier alpha value is -2.38. The molecule has 2 aromatic carbocycles. The summed E-state index contributed by atoms with van der Waals surface area (Å²) in [5, 5.41) is 0. The van der Waals surface area contributed by atoms with Crippen LogP contribution in [0.1, 0.15) is 16.7 Å². The summed E-state index contributed by atoms with van der Waals surface area (Å²) in [6.07, 6.45) is 0.296. The summed E-state index contributed by atoms with van der Waals surface area (Å²) in [6.45, 7) is 6.02. The van der Waals surface area contributed by atoms with Crippen LogP contribution in [-0.4, -0.2) is 45.5 Å². The maximum Gasteiger partial charge on any atom is 0.262 e. The molecule has 1 N–H and O–H groups in total. The number of ether oxygens (including phenoxy) is 1. The number of aryl methyl sites for hydroxylation is 2. The van der Waals surface area contributed by atoms with Gasteiger partial charge in [0.15, 0.2) is 0 Å². The van der Waals surface area contributed by atoms with Gasteiger partial charge < -0.3 is 9.64 Å². The Kier molecular flexibility index (Phi) is 5.82. The van der Waals surface area contributed by atoms with Crippen LogP contribution in [0.4, 0.5) is 5.69 Å². The number of morpholine rings is 1. The summed E-state index contributed by atoms with van der Waals surface area (Å²) in [5.74, 6) is 0.0574. The SMILES string of the molecule is Cc1ccc(C)c(S(=O)(=O)Nc2ccc(CC(=O)N3CCOCC3)cc2)c1. The Bertz CT molecular complexity index is 917. The molecule has 0 bridgehead atoms. The lowest BCUT2D eigenvalue weighted by Gasteiger charge is -2.26. The van der Waals surface area contributed by atoms with Crippen molar-refractivity contribution in [2.45, 2.75) is 25.2 Å². The van der Waals surface area contributed by atoms with E-state index in [0.717, 1.165) is 11.1 Å². The Morgan fingerprint density at radius 2 is 1.74 bits per heavy atom. The van der Waals surface area contributed by atoms with E-state index >= 15 is 0 Å². The highest BCUT2D eigenvalue weighted by molar-refractivity contribution is 7.92. The fraction of sp³-hybridized carbons (Fsp3) is 0.350. The number of nitrogens with zero attached hydrogens (tertiary/aromatic N) is 1. The Balaban J connectivity index is 1.68. The summed E-state index contributed by atoms with van der Waals surface area (Å²) in [7, 11) is -3.66. The van der Waals surface area contributed by atoms with Crippen LogP contribution in [0.3, 0.4) is 0 Å². The summed E-state index contributed by atoms with van der Waals surface area (Å²) in [4.78, 5) is 14.4. The lowest BCUT2D eigenvalue weighted by molar-refractivity contribution is -0.134. The van der Waals surface area contributed by atoms with E-state index in [1.807, 2.05) is 13.0 Å². The zero-order valence-electron chi connectivity index (χ0n) is 15.6. The molecule has 0 aliphatic carbocycles. The Morgan fingerprint density at radius 3 is 2.41 bits per heavy atom. The minimum Gasteiger partial charge on any atom is -0.378 e. The van der Waals surface area contributed by atoms with E-state index in [-0.39, 0.29) is 10.8 Å². The van der Waals surface area contributed by atoms with Crippen molar-refractivity contribution in [1.82, 2.24) is 4.90 Å². The number of rotatable bonds is 5. The minimum atomic E-state index is -3.66. The highest BCUT2D eigenvalue weighted by Gasteiger charge is 2.18. The van der Waals surface area contributed by atoms with Gasteiger partial charge in [-0.05, 0) is 48.7 Å². The van der Waals surface area contributed by atoms with Crippen molar-refractivity contribution in [3.63, 3.8) is 0 Å². The first-order valence-corrected chi connectivity index (χ1v) is 10.4. The molecule has 0 spiro atoms. The van der Waals surface area contributed by atoms with Crippen LogP contribution < -0.4 is 4.72 Å². The number of carbonyl (C=O) groups is 1. The van der Waals surface area contributed by atoms with Crippen molar-refractivity contribution in [1.29, 1.82) is 0 Å². The van der Waals surface area contributed by atoms with Crippen molar-refractivity contribution in [3.05, 3.63) is 59.2 Å². The number of amides is 1. The molecule has 0 saturated carbocycles. The van der Waals surface area contributed by atoms with Gasteiger partial charge in [-0.1, -0.05) is 24.3 Å². The molecule has 27 heavy (non-hydrogen) atoms. The van der Waals surface area contributed by atoms with Crippen molar-refractivity contribution in [2.75, 3.05) is 31.0 Å². The number of hydrogen-bond donors (Lipinski definition) is 1. The average Bonchev–Trinajstić information content (AvgIpc) is 2.65. The van der Waals surface area contributed by atoms with Gasteiger partial charge in [0.2, 0.25) is 5.91 Å². The Labute approximate surface area is 160 Å². The van der Waals surface area contributed by atoms with Crippen molar-refractivity contribution in [2.24, 2.45) is 0 Å². The molecule has 1 heterocycles. The first kappa shape index (κ1) is 19.4. The third-order valence-electron chi connectivity index (χ3n) is 4.56. The van der Waals surface area contributed by atoms with Crippen molar-refractivity contribution in [3.8, 4) is 0 Å². The topological polar surface area (TPSA) is 75.7 Å². The largest absolute Gasteiger partial charge is 0.378 e. The molecule has 0 radical (unpaired) electrons. The van der Waals surface area contributed by atoms with Crippen LogP contribution in [0.5, 0.6) is 0 Å². The second-order valence-corrected chi connectivity index (χ2v) is 8.39. The molecule has 1 aliphatic heterocycles. The first-order valence-electron chi connectivity index (χ1n) is 8.90. The van der Waals surface area contributed by atoms with E-state index in [9.17, 15) is 13.2 Å². The third-order valence-corrected chi connectivity index (χ3v) is 6.08. The Morgan fingerprint density at radius 1 is 1.07 bits per heavy atom. The molecule has 0 atom stereocenters. The van der Waals surface area contributed by atoms with Crippen LogP contribution in [0.2, 0.25) is 0 Å². The van der Waals surface area contributed by atoms with Crippen molar-refractivity contribution >= 4 is 21.6 Å². The van der Waals surface area contributed by atoms with Crippen LogP contribution in [0.15, 0.2) is 47.4 Å². The van der Waals surface area contributed by atoms with Crippen molar-refractivity contribution < 1.29 is 17.9 Å². The van der Waals surface area contributed by atoms with Gasteiger partial charge in [-0.3, -0.25) is 9.52 Å². The molecule has 144 valence electrons. The summed E-state index contributed by atoms with van der Waals surface area (Å²) in [6, 6.07) is 12.3. The van der Waals surface area contributed by atoms with E-state index in [4.69, 9.17) is 4.74 Å². The van der Waals surface area contributed by atoms with Gasteiger partial charge >= 0.3 is 0 Å². The quantitative estimate of drug-likeness (QED) is 0.854. The van der Waals surface area contributed by atoms with E-state index in [2.05, 4.69) is 4.72 Å². The molecule has 0 aromatic heterocycles. The molecule has 1 saturated heterocycles. The first-order chi connectivity index (χ1) is 12.8. The van der Waals surface area contributed by atoms with Crippen LogP contribution in [0.25, 0.3) is 0 Å². The highest BCUT2D eigenvalue weighted by atomic mass is 32.2. The van der Waals surface area contributed by atoms with Gasteiger partial charge in [-0.2, -0.15) is 0 Å². The number of nitrogens with one attached hydrogen (secondary N) is 1. The van der Waals surface area contributed by atoms with E-state index in [1.54, 1.807) is 48.2 Å². The predicted octanol–water partition coefficient (Wildman–Crippen LogP) is 2.51. The smallest absolute Gasteiger partial charge is 0.262 e. The van der Waals surface area contributed by atoms with Gasteiger partial charge in [0.1, 0.15) is 0 Å². The third kappa shape index (κ3) is 4.87. The van der Waals surface area contributed by atoms with Crippen LogP contribution in [-0.2, 0) is 26.0 Å². The van der Waals surface area contributed by atoms with Gasteiger partial charge in [0.25, 0.3) is 10.0 Å². The lowest BCUT2D eigenvalue weighted by atomic mass is 10.1. The molecule has 1 fully saturated rings. The van der Waals surface area contributed by atoms with E-state index in [1.165, 1.54) is 0 Å².